The molecule has 0 amide bonds. The number of non-ortho nitro benzene ring substituents is 1. The maximum Gasteiger partial charge on any atom is 0.269 e. The van der Waals surface area contributed by atoms with Crippen molar-refractivity contribution in [3.63, 3.8) is 0 Å². The van der Waals surface area contributed by atoms with Crippen LogP contribution in [0.2, 0.25) is 0 Å². The molecule has 0 saturated carbocycles. The van der Waals surface area contributed by atoms with Gasteiger partial charge in [0.1, 0.15) is 6.61 Å². The summed E-state index contributed by atoms with van der Waals surface area (Å²) in [4.78, 5) is 12.6. The van der Waals surface area contributed by atoms with Crippen molar-refractivity contribution < 1.29 is 9.66 Å². The van der Waals surface area contributed by atoms with E-state index in [0.29, 0.717) is 12.5 Å². The second kappa shape index (κ2) is 8.46. The van der Waals surface area contributed by atoms with Crippen molar-refractivity contribution >= 4 is 5.69 Å². The van der Waals surface area contributed by atoms with Gasteiger partial charge in [-0.25, -0.2) is 0 Å². The fraction of sp³-hybridized carbons (Fsp3) is 0.250. The average Bonchev–Trinajstić information content (AvgIpc) is 3.09. The van der Waals surface area contributed by atoms with E-state index in [1.54, 1.807) is 12.1 Å². The van der Waals surface area contributed by atoms with Gasteiger partial charge in [-0.2, -0.15) is 0 Å². The number of likely N-dealkylation sites (N-methyl/N-ethyl adjacent to an activating group) is 1. The summed E-state index contributed by atoms with van der Waals surface area (Å²) < 4.78 is 7.81. The van der Waals surface area contributed by atoms with Gasteiger partial charge in [-0.1, -0.05) is 30.3 Å². The maximum absolute atomic E-state index is 10.9. The highest BCUT2D eigenvalue weighted by atomic mass is 16.6. The largest absolute Gasteiger partial charge is 0.471 e. The minimum atomic E-state index is -0.406. The number of aromatic nitrogens is 2. The molecule has 0 atom stereocenters. The predicted molar refractivity (Wildman–Crippen MR) is 104 cm³/mol. The standard InChI is InChI=1S/C20H22N4O3/c1-22(2)12-13-23-14-19(17-8-10-18(11-9-17)24(25)26)20(21-23)27-15-16-6-4-3-5-7-16/h3-11,14H,12-13,15H2,1-2H3. The van der Waals surface area contributed by atoms with Gasteiger partial charge in [0.2, 0.25) is 5.88 Å². The highest BCUT2D eigenvalue weighted by Gasteiger charge is 2.14. The molecule has 0 unspecified atom stereocenters. The lowest BCUT2D eigenvalue weighted by atomic mass is 10.1. The summed E-state index contributed by atoms with van der Waals surface area (Å²) in [5.41, 5.74) is 2.76. The van der Waals surface area contributed by atoms with Gasteiger partial charge >= 0.3 is 0 Å². The Bertz CT molecular complexity index is 889. The third-order valence-electron chi connectivity index (χ3n) is 4.11. The van der Waals surface area contributed by atoms with Crippen molar-refractivity contribution in [3.8, 4) is 17.0 Å². The molecule has 2 aromatic carbocycles. The van der Waals surface area contributed by atoms with E-state index < -0.39 is 4.92 Å². The van der Waals surface area contributed by atoms with Crippen LogP contribution in [0.1, 0.15) is 5.56 Å². The zero-order valence-electron chi connectivity index (χ0n) is 15.4. The lowest BCUT2D eigenvalue weighted by Crippen LogP contribution is -2.18. The summed E-state index contributed by atoms with van der Waals surface area (Å²) in [6.07, 6.45) is 1.92. The molecule has 1 heterocycles. The van der Waals surface area contributed by atoms with E-state index in [4.69, 9.17) is 4.74 Å². The molecule has 0 spiro atoms. The van der Waals surface area contributed by atoms with Crippen LogP contribution in [0.4, 0.5) is 5.69 Å². The van der Waals surface area contributed by atoms with Crippen LogP contribution in [0, 0.1) is 10.1 Å². The summed E-state index contributed by atoms with van der Waals surface area (Å²) in [5.74, 6) is 0.520. The Balaban J connectivity index is 1.86. The van der Waals surface area contributed by atoms with Gasteiger partial charge in [-0.05, 0) is 37.4 Å². The fourth-order valence-corrected chi connectivity index (χ4v) is 2.61. The smallest absolute Gasteiger partial charge is 0.269 e. The van der Waals surface area contributed by atoms with Gasteiger partial charge in [0.05, 0.1) is 17.0 Å². The quantitative estimate of drug-likeness (QED) is 0.450. The summed E-state index contributed by atoms with van der Waals surface area (Å²) in [7, 11) is 4.01. The second-order valence-corrected chi connectivity index (χ2v) is 6.49. The summed E-state index contributed by atoms with van der Waals surface area (Å²) >= 11 is 0. The molecular formula is C20H22N4O3. The number of hydrogen-bond donors (Lipinski definition) is 0. The number of ether oxygens (including phenoxy) is 1. The Kier molecular flexibility index (Phi) is 5.83. The second-order valence-electron chi connectivity index (χ2n) is 6.49. The molecule has 27 heavy (non-hydrogen) atoms. The van der Waals surface area contributed by atoms with Gasteiger partial charge in [-0.3, -0.25) is 14.8 Å². The van der Waals surface area contributed by atoms with Crippen LogP contribution in [0.25, 0.3) is 11.1 Å². The first-order valence-electron chi connectivity index (χ1n) is 8.66. The van der Waals surface area contributed by atoms with E-state index in [9.17, 15) is 10.1 Å². The molecule has 0 N–H and O–H groups in total. The Labute approximate surface area is 158 Å². The maximum atomic E-state index is 10.9. The number of nitro benzene ring substituents is 1. The first-order valence-corrected chi connectivity index (χ1v) is 8.66. The lowest BCUT2D eigenvalue weighted by molar-refractivity contribution is -0.384. The molecule has 3 aromatic rings. The summed E-state index contributed by atoms with van der Waals surface area (Å²) in [6, 6.07) is 16.3. The minimum Gasteiger partial charge on any atom is -0.471 e. The van der Waals surface area contributed by atoms with Crippen molar-refractivity contribution in [1.82, 2.24) is 14.7 Å². The molecule has 0 aliphatic rings. The predicted octanol–water partition coefficient (Wildman–Crippen LogP) is 3.60. The van der Waals surface area contributed by atoms with E-state index >= 15 is 0 Å². The first kappa shape index (κ1) is 18.6. The van der Waals surface area contributed by atoms with E-state index in [0.717, 1.165) is 29.8 Å². The number of nitrogens with zero attached hydrogens (tertiary/aromatic N) is 4. The number of hydrogen-bond acceptors (Lipinski definition) is 5. The Morgan fingerprint density at radius 1 is 1.11 bits per heavy atom. The van der Waals surface area contributed by atoms with Crippen molar-refractivity contribution in [2.24, 2.45) is 0 Å². The van der Waals surface area contributed by atoms with Gasteiger partial charge in [0, 0.05) is 24.9 Å². The van der Waals surface area contributed by atoms with Crippen molar-refractivity contribution in [3.05, 3.63) is 76.5 Å². The Morgan fingerprint density at radius 3 is 2.44 bits per heavy atom. The SMILES string of the molecule is CN(C)CCn1cc(-c2ccc([N+](=O)[O-])cc2)c(OCc2ccccc2)n1. The molecule has 3 rings (SSSR count). The number of nitro groups is 1. The fourth-order valence-electron chi connectivity index (χ4n) is 2.61. The highest BCUT2D eigenvalue weighted by Crippen LogP contribution is 2.30. The molecular weight excluding hydrogens is 344 g/mol. The normalized spacial score (nSPS) is 10.9. The third kappa shape index (κ3) is 4.92. The van der Waals surface area contributed by atoms with Crippen LogP contribution < -0.4 is 4.74 Å². The molecule has 0 aliphatic heterocycles. The molecule has 7 nitrogen and oxygen atoms in total. The number of rotatable bonds is 8. The molecule has 0 radical (unpaired) electrons. The Morgan fingerprint density at radius 2 is 1.81 bits per heavy atom. The molecule has 7 heteroatoms. The lowest BCUT2D eigenvalue weighted by Gasteiger charge is -2.08. The molecule has 0 bridgehead atoms. The first-order chi connectivity index (χ1) is 13.0. The zero-order chi connectivity index (χ0) is 19.2. The van der Waals surface area contributed by atoms with Gasteiger partial charge < -0.3 is 9.64 Å². The van der Waals surface area contributed by atoms with Crippen LogP contribution in [0.5, 0.6) is 5.88 Å². The van der Waals surface area contributed by atoms with Crippen molar-refractivity contribution in [2.75, 3.05) is 20.6 Å². The monoisotopic (exact) mass is 366 g/mol. The van der Waals surface area contributed by atoms with E-state index in [-0.39, 0.29) is 5.69 Å². The van der Waals surface area contributed by atoms with Crippen LogP contribution in [0.3, 0.4) is 0 Å². The average molecular weight is 366 g/mol. The van der Waals surface area contributed by atoms with Crippen molar-refractivity contribution in [1.29, 1.82) is 0 Å². The molecule has 0 fully saturated rings. The topological polar surface area (TPSA) is 73.4 Å². The molecule has 0 aliphatic carbocycles. The van der Waals surface area contributed by atoms with Crippen LogP contribution >= 0.6 is 0 Å². The molecule has 0 saturated heterocycles. The van der Waals surface area contributed by atoms with Crippen molar-refractivity contribution in [2.45, 2.75) is 13.2 Å². The zero-order valence-corrected chi connectivity index (χ0v) is 15.4. The molecule has 140 valence electrons. The van der Waals surface area contributed by atoms with Gasteiger partial charge in [0.25, 0.3) is 5.69 Å². The summed E-state index contributed by atoms with van der Waals surface area (Å²) in [5, 5.41) is 15.5. The van der Waals surface area contributed by atoms with Gasteiger partial charge in [0.15, 0.2) is 0 Å². The Hall–Kier alpha value is -3.19. The van der Waals surface area contributed by atoms with Crippen LogP contribution in [-0.4, -0.2) is 40.2 Å². The number of benzene rings is 2. The van der Waals surface area contributed by atoms with Crippen LogP contribution in [-0.2, 0) is 13.2 Å². The minimum absolute atomic E-state index is 0.0607. The summed E-state index contributed by atoms with van der Waals surface area (Å²) in [6.45, 7) is 1.98. The van der Waals surface area contributed by atoms with E-state index in [1.807, 2.05) is 55.3 Å². The third-order valence-corrected chi connectivity index (χ3v) is 4.11. The van der Waals surface area contributed by atoms with Crippen LogP contribution in [0.15, 0.2) is 60.8 Å². The van der Waals surface area contributed by atoms with E-state index in [2.05, 4.69) is 10.00 Å². The van der Waals surface area contributed by atoms with Gasteiger partial charge in [-0.15, -0.1) is 5.10 Å². The molecule has 1 aromatic heterocycles. The van der Waals surface area contributed by atoms with E-state index in [1.165, 1.54) is 12.1 Å². The highest BCUT2D eigenvalue weighted by molar-refractivity contribution is 5.69.